The molecule has 7 nitrogen and oxygen atoms in total. The average molecular weight is 447 g/mol. The van der Waals surface area contributed by atoms with Crippen LogP contribution < -0.4 is 14.8 Å². The summed E-state index contributed by atoms with van der Waals surface area (Å²) in [5.74, 6) is -1.15. The van der Waals surface area contributed by atoms with E-state index in [2.05, 4.69) is 10.0 Å². The monoisotopic (exact) mass is 446 g/mol. The maximum Gasteiger partial charge on any atom is 0.339 e. The maximum atomic E-state index is 13.9. The summed E-state index contributed by atoms with van der Waals surface area (Å²) in [7, 11) is -3.88. The van der Waals surface area contributed by atoms with Gasteiger partial charge in [0.2, 0.25) is 10.0 Å². The molecule has 0 radical (unpaired) electrons. The number of para-hydroxylation sites is 1. The first-order chi connectivity index (χ1) is 14.8. The third-order valence-corrected chi connectivity index (χ3v) is 8.06. The van der Waals surface area contributed by atoms with Crippen LogP contribution in [0.3, 0.4) is 0 Å². The minimum Gasteiger partial charge on any atom is -0.492 e. The van der Waals surface area contributed by atoms with E-state index >= 15 is 0 Å². The molecule has 9 heteroatoms. The van der Waals surface area contributed by atoms with Crippen LogP contribution in [0.2, 0.25) is 0 Å². The number of carboxylic acids is 1. The lowest BCUT2D eigenvalue weighted by Crippen LogP contribution is -2.29. The first kappa shape index (κ1) is 20.4. The van der Waals surface area contributed by atoms with Crippen molar-refractivity contribution < 1.29 is 27.4 Å². The number of carboxylic acid groups (broad SMARTS) is 1. The molecule has 3 N–H and O–H groups in total. The number of sulfonamides is 1. The quantitative estimate of drug-likeness (QED) is 0.628. The minimum atomic E-state index is -3.88. The Labute approximate surface area is 179 Å². The summed E-state index contributed by atoms with van der Waals surface area (Å²) < 4.78 is 48.8. The number of nitrogens with one attached hydrogen (secondary N) is 2. The lowest BCUT2D eigenvalue weighted by molar-refractivity contribution is 0.0691. The van der Waals surface area contributed by atoms with Gasteiger partial charge in [-0.1, -0.05) is 12.1 Å². The van der Waals surface area contributed by atoms with Crippen LogP contribution >= 0.6 is 0 Å². The molecular weight excluding hydrogens is 423 g/mol. The van der Waals surface area contributed by atoms with Gasteiger partial charge in [0.05, 0.1) is 11.5 Å². The normalized spacial score (nSPS) is 26.6. The molecular formula is C22H23FN2O5S. The van der Waals surface area contributed by atoms with Gasteiger partial charge in [0.25, 0.3) is 0 Å². The van der Waals surface area contributed by atoms with Crippen molar-refractivity contribution in [3.63, 3.8) is 0 Å². The van der Waals surface area contributed by atoms with E-state index in [1.54, 1.807) is 12.1 Å². The van der Waals surface area contributed by atoms with E-state index in [0.29, 0.717) is 23.3 Å². The molecule has 3 aliphatic rings. The third-order valence-electron chi connectivity index (χ3n) is 6.50. The van der Waals surface area contributed by atoms with Crippen LogP contribution in [0.25, 0.3) is 0 Å². The topological polar surface area (TPSA) is 105 Å². The van der Waals surface area contributed by atoms with Gasteiger partial charge in [-0.15, -0.1) is 0 Å². The Balaban J connectivity index is 1.40. The number of rotatable bonds is 6. The summed E-state index contributed by atoms with van der Waals surface area (Å²) in [6.07, 6.45) is 1.42. The van der Waals surface area contributed by atoms with Gasteiger partial charge in [0, 0.05) is 23.4 Å². The first-order valence-electron chi connectivity index (χ1n) is 10.4. The molecule has 2 aliphatic heterocycles. The molecule has 1 saturated heterocycles. The predicted octanol–water partition coefficient (Wildman–Crippen LogP) is 2.13. The van der Waals surface area contributed by atoms with E-state index in [1.807, 2.05) is 0 Å². The Bertz CT molecular complexity index is 1150. The molecule has 2 aromatic rings. The van der Waals surface area contributed by atoms with Crippen molar-refractivity contribution in [2.75, 3.05) is 19.7 Å². The van der Waals surface area contributed by atoms with Crippen LogP contribution in [0, 0.1) is 17.7 Å². The molecule has 4 atom stereocenters. The van der Waals surface area contributed by atoms with E-state index in [-0.39, 0.29) is 40.9 Å². The number of aromatic carboxylic acids is 1. The minimum absolute atomic E-state index is 0.0609. The zero-order valence-electron chi connectivity index (χ0n) is 16.7. The third kappa shape index (κ3) is 3.71. The molecule has 0 aromatic heterocycles. The highest BCUT2D eigenvalue weighted by molar-refractivity contribution is 7.89. The van der Waals surface area contributed by atoms with Gasteiger partial charge in [-0.25, -0.2) is 22.3 Å². The van der Waals surface area contributed by atoms with Gasteiger partial charge in [-0.05, 0) is 61.7 Å². The number of benzene rings is 2. The fourth-order valence-electron chi connectivity index (χ4n) is 4.90. The second-order valence-electron chi connectivity index (χ2n) is 8.49. The number of hydrogen-bond acceptors (Lipinski definition) is 5. The largest absolute Gasteiger partial charge is 0.492 e. The highest BCUT2D eigenvalue weighted by Crippen LogP contribution is 2.55. The standard InChI is InChI=1S/C22H23FN2O5S/c23-14-4-5-18(13(9-14)8-12-6-7-24-10-12)31(28,29)25-20-17-11-30-21-15(19(17)20)2-1-3-16(21)22(26)27/h1-5,9,12,17,19-20,24-25H,6-8,10-11H2,(H,26,27)/t12-,17?,19?,20?/m1/s1. The van der Waals surface area contributed by atoms with Crippen molar-refractivity contribution in [3.05, 3.63) is 58.9 Å². The van der Waals surface area contributed by atoms with Gasteiger partial charge in [-0.2, -0.15) is 0 Å². The molecule has 2 fully saturated rings. The molecule has 1 aliphatic carbocycles. The number of fused-ring (bicyclic) bond motifs is 3. The first-order valence-corrected chi connectivity index (χ1v) is 11.8. The summed E-state index contributed by atoms with van der Waals surface area (Å²) in [5.41, 5.74) is 1.27. The fourth-order valence-corrected chi connectivity index (χ4v) is 6.45. The van der Waals surface area contributed by atoms with Crippen molar-refractivity contribution in [1.29, 1.82) is 0 Å². The Morgan fingerprint density at radius 1 is 1.29 bits per heavy atom. The van der Waals surface area contributed by atoms with Gasteiger partial charge >= 0.3 is 5.97 Å². The van der Waals surface area contributed by atoms with Crippen molar-refractivity contribution in [2.24, 2.45) is 11.8 Å². The number of carbonyl (C=O) groups is 1. The van der Waals surface area contributed by atoms with Crippen molar-refractivity contribution >= 4 is 16.0 Å². The Morgan fingerprint density at radius 2 is 2.13 bits per heavy atom. The van der Waals surface area contributed by atoms with Gasteiger partial charge in [0.1, 0.15) is 17.1 Å². The van der Waals surface area contributed by atoms with Crippen molar-refractivity contribution in [1.82, 2.24) is 10.0 Å². The summed E-state index contributed by atoms with van der Waals surface area (Å²) in [6.45, 7) is 1.92. The SMILES string of the molecule is O=C(O)c1cccc2c1OCC1C(NS(=O)(=O)c3ccc(F)cc3C[C@H]3CCNC3)C21. The van der Waals surface area contributed by atoms with E-state index in [9.17, 15) is 22.7 Å². The smallest absolute Gasteiger partial charge is 0.339 e. The van der Waals surface area contributed by atoms with Gasteiger partial charge < -0.3 is 15.2 Å². The Kier molecular flexibility index (Phi) is 4.99. The van der Waals surface area contributed by atoms with Crippen molar-refractivity contribution in [3.8, 4) is 5.75 Å². The highest BCUT2D eigenvalue weighted by atomic mass is 32.2. The summed E-state index contributed by atoms with van der Waals surface area (Å²) in [6, 6.07) is 8.32. The summed E-state index contributed by atoms with van der Waals surface area (Å²) in [4.78, 5) is 11.6. The Morgan fingerprint density at radius 3 is 2.87 bits per heavy atom. The van der Waals surface area contributed by atoms with E-state index in [0.717, 1.165) is 19.5 Å². The number of halogens is 1. The second kappa shape index (κ2) is 7.58. The molecule has 3 unspecified atom stereocenters. The van der Waals surface area contributed by atoms with Crippen LogP contribution in [0.5, 0.6) is 5.75 Å². The number of ether oxygens (including phenoxy) is 1. The highest BCUT2D eigenvalue weighted by Gasteiger charge is 2.57. The van der Waals surface area contributed by atoms with Crippen molar-refractivity contribution in [2.45, 2.75) is 29.7 Å². The van der Waals surface area contributed by atoms with Crippen LogP contribution in [0.1, 0.15) is 33.8 Å². The maximum absolute atomic E-state index is 13.9. The Hall–Kier alpha value is -2.49. The number of hydrogen-bond donors (Lipinski definition) is 3. The molecule has 31 heavy (non-hydrogen) atoms. The molecule has 0 amide bonds. The molecule has 164 valence electrons. The van der Waals surface area contributed by atoms with Gasteiger partial charge in [-0.3, -0.25) is 0 Å². The second-order valence-corrected chi connectivity index (χ2v) is 10.2. The molecule has 2 aromatic carbocycles. The predicted molar refractivity (Wildman–Crippen MR) is 110 cm³/mol. The zero-order valence-corrected chi connectivity index (χ0v) is 17.5. The average Bonchev–Trinajstić information content (AvgIpc) is 3.15. The van der Waals surface area contributed by atoms with Crippen LogP contribution in [0.15, 0.2) is 41.3 Å². The zero-order chi connectivity index (χ0) is 21.8. The van der Waals surface area contributed by atoms with E-state index in [4.69, 9.17) is 4.74 Å². The van der Waals surface area contributed by atoms with Crippen LogP contribution in [-0.2, 0) is 16.4 Å². The lowest BCUT2D eigenvalue weighted by Gasteiger charge is -2.17. The summed E-state index contributed by atoms with van der Waals surface area (Å²) >= 11 is 0. The van der Waals surface area contributed by atoms with Crippen LogP contribution in [-0.4, -0.2) is 45.2 Å². The lowest BCUT2D eigenvalue weighted by atomic mass is 9.98. The van der Waals surface area contributed by atoms with Crippen LogP contribution in [0.4, 0.5) is 4.39 Å². The molecule has 0 spiro atoms. The molecule has 5 rings (SSSR count). The van der Waals surface area contributed by atoms with Gasteiger partial charge in [0.15, 0.2) is 0 Å². The molecule has 1 saturated carbocycles. The fraction of sp³-hybridized carbons (Fsp3) is 0.409. The summed E-state index contributed by atoms with van der Waals surface area (Å²) in [5, 5.41) is 12.6. The van der Waals surface area contributed by atoms with E-state index < -0.39 is 21.8 Å². The molecule has 0 bridgehead atoms. The van der Waals surface area contributed by atoms with E-state index in [1.165, 1.54) is 24.3 Å². The molecule has 2 heterocycles.